The maximum absolute atomic E-state index is 2.44. The summed E-state index contributed by atoms with van der Waals surface area (Å²) in [6.07, 6.45) is 15.6. The van der Waals surface area contributed by atoms with E-state index in [1.54, 1.807) is 0 Å². The second-order valence-electron chi connectivity index (χ2n) is 6.81. The maximum atomic E-state index is 2.44. The number of aromatic nitrogens is 1. The third kappa shape index (κ3) is 12.2. The predicted octanol–water partition coefficient (Wildman–Crippen LogP) is 5.12. The van der Waals surface area contributed by atoms with E-state index in [0.29, 0.717) is 0 Å². The van der Waals surface area contributed by atoms with E-state index in [0.717, 1.165) is 0 Å². The summed E-state index contributed by atoms with van der Waals surface area (Å²) in [5.74, 6) is 0. The average Bonchev–Trinajstić information content (AvgIpc) is 3.01. The molecule has 0 spiro atoms. The molecule has 2 rings (SSSR count). The Morgan fingerprint density at radius 3 is 1.83 bits per heavy atom. The molecule has 1 saturated heterocycles. The molecule has 1 aromatic heterocycles. The SMILES string of the molecule is CC.CCCCCCCC[N+]1(C)CCCC1.C[n+]1ccccc1. The first-order chi connectivity index (χ1) is 11.2. The van der Waals surface area contributed by atoms with Gasteiger partial charge in [0, 0.05) is 25.0 Å². The summed E-state index contributed by atoms with van der Waals surface area (Å²) >= 11 is 0. The number of quaternary nitrogens is 1. The Morgan fingerprint density at radius 1 is 0.826 bits per heavy atom. The highest BCUT2D eigenvalue weighted by atomic mass is 15.3. The van der Waals surface area contributed by atoms with Crippen molar-refractivity contribution in [2.45, 2.75) is 72.1 Å². The second kappa shape index (κ2) is 14.7. The highest BCUT2D eigenvalue weighted by molar-refractivity contribution is 4.83. The van der Waals surface area contributed by atoms with Crippen molar-refractivity contribution in [1.82, 2.24) is 0 Å². The Bertz CT molecular complexity index is 342. The standard InChI is InChI=1S/C13H28N.C6H8N.C2H6/c1-3-4-5-6-7-8-11-14(2)12-9-10-13-14;1-7-5-3-2-4-6-7;1-2/h3-13H2,1-2H3;2-6H,1H3;1-2H3/q2*+1;. The first-order valence-corrected chi connectivity index (χ1v) is 9.90. The van der Waals surface area contributed by atoms with Crippen LogP contribution in [0.3, 0.4) is 0 Å². The molecule has 2 nitrogen and oxygen atoms in total. The summed E-state index contributed by atoms with van der Waals surface area (Å²) in [4.78, 5) is 0. The van der Waals surface area contributed by atoms with Crippen LogP contribution in [0.25, 0.3) is 0 Å². The van der Waals surface area contributed by atoms with Crippen molar-refractivity contribution in [3.05, 3.63) is 30.6 Å². The van der Waals surface area contributed by atoms with E-state index in [4.69, 9.17) is 0 Å². The first kappa shape index (κ1) is 22.1. The Labute approximate surface area is 146 Å². The summed E-state index contributed by atoms with van der Waals surface area (Å²) in [5.41, 5.74) is 0. The topological polar surface area (TPSA) is 3.88 Å². The number of hydrogen-bond donors (Lipinski definition) is 0. The average molecular weight is 323 g/mol. The smallest absolute Gasteiger partial charge is 0.168 e. The molecule has 0 unspecified atom stereocenters. The van der Waals surface area contributed by atoms with Crippen molar-refractivity contribution in [3.8, 4) is 0 Å². The Hall–Kier alpha value is -0.890. The molecule has 0 aliphatic carbocycles. The van der Waals surface area contributed by atoms with E-state index in [1.165, 1.54) is 75.5 Å². The van der Waals surface area contributed by atoms with Gasteiger partial charge < -0.3 is 4.48 Å². The molecule has 134 valence electrons. The van der Waals surface area contributed by atoms with Gasteiger partial charge in [0.1, 0.15) is 7.05 Å². The lowest BCUT2D eigenvalue weighted by Crippen LogP contribution is -2.41. The number of nitrogens with zero attached hydrogens (tertiary/aromatic N) is 2. The molecule has 0 N–H and O–H groups in total. The van der Waals surface area contributed by atoms with E-state index < -0.39 is 0 Å². The minimum Gasteiger partial charge on any atom is -0.326 e. The lowest BCUT2D eigenvalue weighted by Gasteiger charge is -2.29. The van der Waals surface area contributed by atoms with Crippen LogP contribution in [0.15, 0.2) is 30.6 Å². The predicted molar refractivity (Wildman–Crippen MR) is 102 cm³/mol. The summed E-state index contributed by atoms with van der Waals surface area (Å²) in [7, 11) is 4.44. The van der Waals surface area contributed by atoms with Crippen molar-refractivity contribution in [1.29, 1.82) is 0 Å². The molecule has 2 heterocycles. The molecule has 0 saturated carbocycles. The molecule has 2 heteroatoms. The van der Waals surface area contributed by atoms with Gasteiger partial charge in [-0.15, -0.1) is 0 Å². The number of rotatable bonds is 7. The third-order valence-electron chi connectivity index (χ3n) is 4.56. The van der Waals surface area contributed by atoms with Crippen molar-refractivity contribution >= 4 is 0 Å². The molecule has 0 atom stereocenters. The van der Waals surface area contributed by atoms with Crippen LogP contribution in [-0.2, 0) is 7.05 Å². The normalized spacial score (nSPS) is 15.2. The van der Waals surface area contributed by atoms with Crippen LogP contribution in [0.2, 0.25) is 0 Å². The van der Waals surface area contributed by atoms with Crippen LogP contribution in [0, 0.1) is 0 Å². The van der Waals surface area contributed by atoms with Crippen LogP contribution in [-0.4, -0.2) is 31.2 Å². The van der Waals surface area contributed by atoms with Gasteiger partial charge in [-0.05, 0) is 12.8 Å². The van der Waals surface area contributed by atoms with Crippen LogP contribution in [0.1, 0.15) is 72.1 Å². The van der Waals surface area contributed by atoms with Gasteiger partial charge in [0.25, 0.3) is 0 Å². The van der Waals surface area contributed by atoms with Crippen LogP contribution >= 0.6 is 0 Å². The minimum absolute atomic E-state index is 1.37. The fraction of sp³-hybridized carbons (Fsp3) is 0.762. The zero-order valence-electron chi connectivity index (χ0n) is 16.6. The lowest BCUT2D eigenvalue weighted by molar-refractivity contribution is -0.897. The fourth-order valence-electron chi connectivity index (χ4n) is 3.08. The molecule has 0 radical (unpaired) electrons. The number of unbranched alkanes of at least 4 members (excludes halogenated alkanes) is 5. The van der Waals surface area contributed by atoms with Crippen LogP contribution in [0.5, 0.6) is 0 Å². The van der Waals surface area contributed by atoms with Gasteiger partial charge in [0.2, 0.25) is 0 Å². The fourth-order valence-corrected chi connectivity index (χ4v) is 3.08. The lowest BCUT2D eigenvalue weighted by atomic mass is 10.1. The number of likely N-dealkylation sites (tertiary alicyclic amines) is 1. The molecular weight excluding hydrogens is 280 g/mol. The van der Waals surface area contributed by atoms with Crippen molar-refractivity contribution in [2.75, 3.05) is 26.7 Å². The molecule has 0 amide bonds. The summed E-state index contributed by atoms with van der Waals surface area (Å²) < 4.78 is 3.37. The highest BCUT2D eigenvalue weighted by Gasteiger charge is 2.25. The largest absolute Gasteiger partial charge is 0.326 e. The Kier molecular flexibility index (Phi) is 14.1. The summed E-state index contributed by atoms with van der Waals surface area (Å²) in [6.45, 7) is 10.6. The van der Waals surface area contributed by atoms with E-state index >= 15 is 0 Å². The summed E-state index contributed by atoms with van der Waals surface area (Å²) in [5, 5.41) is 0. The van der Waals surface area contributed by atoms with Crippen molar-refractivity contribution in [3.63, 3.8) is 0 Å². The molecule has 23 heavy (non-hydrogen) atoms. The Balaban J connectivity index is 0.000000449. The van der Waals surface area contributed by atoms with Crippen LogP contribution < -0.4 is 4.57 Å². The van der Waals surface area contributed by atoms with Gasteiger partial charge in [-0.1, -0.05) is 52.5 Å². The van der Waals surface area contributed by atoms with E-state index in [9.17, 15) is 0 Å². The van der Waals surface area contributed by atoms with Gasteiger partial charge in [-0.3, -0.25) is 0 Å². The Morgan fingerprint density at radius 2 is 1.35 bits per heavy atom. The monoisotopic (exact) mass is 322 g/mol. The van der Waals surface area contributed by atoms with Gasteiger partial charge in [0.15, 0.2) is 12.4 Å². The number of hydrogen-bond acceptors (Lipinski definition) is 0. The zero-order valence-corrected chi connectivity index (χ0v) is 16.6. The van der Waals surface area contributed by atoms with Gasteiger partial charge in [-0.2, -0.15) is 0 Å². The molecular formula is C21H42N2+2. The molecule has 1 aliphatic rings. The molecule has 0 aromatic carbocycles. The first-order valence-electron chi connectivity index (χ1n) is 9.90. The molecule has 0 bridgehead atoms. The summed E-state index contributed by atoms with van der Waals surface area (Å²) in [6, 6.07) is 6.00. The third-order valence-corrected chi connectivity index (χ3v) is 4.56. The second-order valence-corrected chi connectivity index (χ2v) is 6.81. The van der Waals surface area contributed by atoms with E-state index in [-0.39, 0.29) is 0 Å². The van der Waals surface area contributed by atoms with Gasteiger partial charge in [-0.25, -0.2) is 4.57 Å². The minimum atomic E-state index is 1.37. The van der Waals surface area contributed by atoms with Crippen LogP contribution in [0.4, 0.5) is 0 Å². The van der Waals surface area contributed by atoms with E-state index in [1.807, 2.05) is 56.1 Å². The van der Waals surface area contributed by atoms with Gasteiger partial charge in [0.05, 0.1) is 26.7 Å². The van der Waals surface area contributed by atoms with Crippen molar-refractivity contribution in [2.24, 2.45) is 7.05 Å². The van der Waals surface area contributed by atoms with Crippen molar-refractivity contribution < 1.29 is 9.05 Å². The highest BCUT2D eigenvalue weighted by Crippen LogP contribution is 2.18. The number of pyridine rings is 1. The zero-order chi connectivity index (χ0) is 17.4. The van der Waals surface area contributed by atoms with E-state index in [2.05, 4.69) is 14.0 Å². The quantitative estimate of drug-likeness (QED) is 0.372. The molecule has 1 aromatic rings. The molecule has 1 aliphatic heterocycles. The molecule has 1 fully saturated rings. The number of aryl methyl sites for hydroxylation is 1. The van der Waals surface area contributed by atoms with Gasteiger partial charge >= 0.3 is 0 Å². The maximum Gasteiger partial charge on any atom is 0.168 e.